The van der Waals surface area contributed by atoms with Gasteiger partial charge in [0.15, 0.2) is 6.29 Å². The standard InChI is InChI=1S/C9H17NO5/c1-5-6(10-4-11)8(2,13)9(3,14)7(12)15-5/h4-7,12-14H,1-3H3,(H,10,11)/t5-,6-,7?,8+,9-/m1/s1. The van der Waals surface area contributed by atoms with Gasteiger partial charge in [-0.25, -0.2) is 0 Å². The summed E-state index contributed by atoms with van der Waals surface area (Å²) in [5.74, 6) is 0. The topological polar surface area (TPSA) is 99.0 Å². The van der Waals surface area contributed by atoms with E-state index in [4.69, 9.17) is 4.74 Å². The maximum absolute atomic E-state index is 10.4. The number of carbonyl (C=O) groups excluding carboxylic acids is 1. The van der Waals surface area contributed by atoms with Crippen molar-refractivity contribution in [2.24, 2.45) is 0 Å². The molecule has 0 bridgehead atoms. The minimum absolute atomic E-state index is 0.423. The number of ether oxygens (including phenoxy) is 1. The third-order valence-electron chi connectivity index (χ3n) is 3.17. The average molecular weight is 219 g/mol. The molecule has 0 radical (unpaired) electrons. The highest BCUT2D eigenvalue weighted by atomic mass is 16.6. The number of amides is 1. The van der Waals surface area contributed by atoms with Crippen molar-refractivity contribution in [3.63, 3.8) is 0 Å². The first-order valence-electron chi connectivity index (χ1n) is 4.73. The molecule has 4 N–H and O–H groups in total. The summed E-state index contributed by atoms with van der Waals surface area (Å²) in [4.78, 5) is 10.4. The molecule has 0 aromatic rings. The van der Waals surface area contributed by atoms with Crippen molar-refractivity contribution in [2.45, 2.75) is 50.4 Å². The Morgan fingerprint density at radius 3 is 2.33 bits per heavy atom. The van der Waals surface area contributed by atoms with E-state index >= 15 is 0 Å². The van der Waals surface area contributed by atoms with Gasteiger partial charge in [-0.15, -0.1) is 0 Å². The van der Waals surface area contributed by atoms with Crippen molar-refractivity contribution in [2.75, 3.05) is 0 Å². The summed E-state index contributed by atoms with van der Waals surface area (Å²) in [7, 11) is 0. The Morgan fingerprint density at radius 2 is 1.87 bits per heavy atom. The van der Waals surface area contributed by atoms with Crippen LogP contribution >= 0.6 is 0 Å². The Labute approximate surface area is 87.9 Å². The smallest absolute Gasteiger partial charge is 0.207 e. The minimum Gasteiger partial charge on any atom is -0.385 e. The SMILES string of the molecule is C[C@H]1OC(O)[C@@](C)(O)[C@@](C)(O)[C@@H]1NC=O. The molecule has 0 spiro atoms. The van der Waals surface area contributed by atoms with Gasteiger partial charge in [0.2, 0.25) is 6.41 Å². The number of nitrogens with one attached hydrogen (secondary N) is 1. The van der Waals surface area contributed by atoms with E-state index in [2.05, 4.69) is 5.32 Å². The zero-order valence-corrected chi connectivity index (χ0v) is 8.97. The van der Waals surface area contributed by atoms with Crippen molar-refractivity contribution < 1.29 is 24.9 Å². The molecule has 1 rings (SSSR count). The molecule has 0 aromatic heterocycles. The van der Waals surface area contributed by atoms with Gasteiger partial charge >= 0.3 is 0 Å². The fourth-order valence-corrected chi connectivity index (χ4v) is 1.81. The minimum atomic E-state index is -1.85. The van der Waals surface area contributed by atoms with Gasteiger partial charge in [-0.05, 0) is 20.8 Å². The fourth-order valence-electron chi connectivity index (χ4n) is 1.81. The van der Waals surface area contributed by atoms with Crippen LogP contribution in [0, 0.1) is 0 Å². The van der Waals surface area contributed by atoms with Crippen LogP contribution in [0.5, 0.6) is 0 Å². The number of hydrogen-bond donors (Lipinski definition) is 4. The fraction of sp³-hybridized carbons (Fsp3) is 0.889. The molecule has 0 saturated carbocycles. The lowest BCUT2D eigenvalue weighted by Gasteiger charge is -2.52. The van der Waals surface area contributed by atoms with Crippen molar-refractivity contribution in [3.05, 3.63) is 0 Å². The van der Waals surface area contributed by atoms with Crippen LogP contribution in [-0.4, -0.2) is 51.4 Å². The molecule has 1 unspecified atom stereocenters. The lowest BCUT2D eigenvalue weighted by Crippen LogP contribution is -2.74. The molecule has 1 saturated heterocycles. The second-order valence-corrected chi connectivity index (χ2v) is 4.25. The average Bonchev–Trinajstić information content (AvgIpc) is 2.11. The number of hydrogen-bond acceptors (Lipinski definition) is 5. The quantitative estimate of drug-likeness (QED) is 0.417. The zero-order chi connectivity index (χ0) is 11.9. The third-order valence-corrected chi connectivity index (χ3v) is 3.17. The second kappa shape index (κ2) is 3.71. The van der Waals surface area contributed by atoms with E-state index in [0.717, 1.165) is 0 Å². The maximum atomic E-state index is 10.4. The van der Waals surface area contributed by atoms with E-state index in [9.17, 15) is 20.1 Å². The largest absolute Gasteiger partial charge is 0.385 e. The first-order valence-corrected chi connectivity index (χ1v) is 4.73. The van der Waals surface area contributed by atoms with E-state index in [0.29, 0.717) is 6.41 Å². The molecule has 88 valence electrons. The summed E-state index contributed by atoms with van der Waals surface area (Å²) in [5.41, 5.74) is -3.52. The van der Waals surface area contributed by atoms with Crippen molar-refractivity contribution in [1.82, 2.24) is 5.32 Å². The van der Waals surface area contributed by atoms with E-state index in [-0.39, 0.29) is 0 Å². The Kier molecular flexibility index (Phi) is 3.06. The van der Waals surface area contributed by atoms with E-state index < -0.39 is 29.6 Å². The van der Waals surface area contributed by atoms with Crippen LogP contribution in [-0.2, 0) is 9.53 Å². The molecule has 6 nitrogen and oxygen atoms in total. The molecule has 1 aliphatic rings. The van der Waals surface area contributed by atoms with E-state index in [1.807, 2.05) is 0 Å². The first kappa shape index (κ1) is 12.4. The second-order valence-electron chi connectivity index (χ2n) is 4.25. The number of carbonyl (C=O) groups is 1. The highest BCUT2D eigenvalue weighted by molar-refractivity contribution is 5.47. The van der Waals surface area contributed by atoms with Crippen LogP contribution in [0.3, 0.4) is 0 Å². The molecular weight excluding hydrogens is 202 g/mol. The van der Waals surface area contributed by atoms with Crippen LogP contribution in [0.15, 0.2) is 0 Å². The predicted molar refractivity (Wildman–Crippen MR) is 50.8 cm³/mol. The van der Waals surface area contributed by atoms with Gasteiger partial charge in [0.1, 0.15) is 11.2 Å². The molecule has 6 heteroatoms. The Morgan fingerprint density at radius 1 is 1.33 bits per heavy atom. The summed E-state index contributed by atoms with van der Waals surface area (Å²) >= 11 is 0. The van der Waals surface area contributed by atoms with Crippen LogP contribution < -0.4 is 5.32 Å². The zero-order valence-electron chi connectivity index (χ0n) is 8.97. The molecule has 1 amide bonds. The van der Waals surface area contributed by atoms with Gasteiger partial charge in [-0.2, -0.15) is 0 Å². The number of aliphatic hydroxyl groups excluding tert-OH is 1. The van der Waals surface area contributed by atoms with Crippen LogP contribution in [0.2, 0.25) is 0 Å². The lowest BCUT2D eigenvalue weighted by molar-refractivity contribution is -0.325. The maximum Gasteiger partial charge on any atom is 0.207 e. The molecule has 5 atom stereocenters. The molecule has 0 aromatic carbocycles. The van der Waals surface area contributed by atoms with Gasteiger partial charge in [-0.1, -0.05) is 0 Å². The van der Waals surface area contributed by atoms with Crippen molar-refractivity contribution in [3.8, 4) is 0 Å². The normalized spacial score (nSPS) is 51.2. The van der Waals surface area contributed by atoms with Crippen molar-refractivity contribution in [1.29, 1.82) is 0 Å². The molecule has 0 aliphatic carbocycles. The molecule has 1 heterocycles. The molecule has 1 aliphatic heterocycles. The Hall–Kier alpha value is -0.690. The third kappa shape index (κ3) is 1.74. The summed E-state index contributed by atoms with van der Waals surface area (Å²) in [6.07, 6.45) is -1.67. The number of aliphatic hydroxyl groups is 3. The number of rotatable bonds is 2. The molecule has 15 heavy (non-hydrogen) atoms. The summed E-state index contributed by atoms with van der Waals surface area (Å²) in [6.45, 7) is 4.19. The van der Waals surface area contributed by atoms with Gasteiger partial charge in [-0.3, -0.25) is 4.79 Å². The van der Waals surface area contributed by atoms with E-state index in [1.165, 1.54) is 13.8 Å². The van der Waals surface area contributed by atoms with Gasteiger partial charge < -0.3 is 25.4 Å². The van der Waals surface area contributed by atoms with Gasteiger partial charge in [0.05, 0.1) is 12.1 Å². The molecular formula is C9H17NO5. The summed E-state index contributed by atoms with van der Waals surface area (Å²) in [5, 5.41) is 31.9. The van der Waals surface area contributed by atoms with Gasteiger partial charge in [0.25, 0.3) is 0 Å². The van der Waals surface area contributed by atoms with Crippen LogP contribution in [0.4, 0.5) is 0 Å². The Bertz CT molecular complexity index is 253. The molecule has 1 fully saturated rings. The van der Waals surface area contributed by atoms with E-state index in [1.54, 1.807) is 6.92 Å². The van der Waals surface area contributed by atoms with Crippen molar-refractivity contribution >= 4 is 6.41 Å². The van der Waals surface area contributed by atoms with Crippen LogP contribution in [0.25, 0.3) is 0 Å². The monoisotopic (exact) mass is 219 g/mol. The highest BCUT2D eigenvalue weighted by Gasteiger charge is 2.58. The predicted octanol–water partition coefficient (Wildman–Crippen LogP) is -1.66. The summed E-state index contributed by atoms with van der Waals surface area (Å²) in [6, 6.07) is -0.784. The Balaban J connectivity index is 3.03. The van der Waals surface area contributed by atoms with Gasteiger partial charge in [0, 0.05) is 0 Å². The lowest BCUT2D eigenvalue weighted by atomic mass is 9.75. The van der Waals surface area contributed by atoms with Crippen LogP contribution in [0.1, 0.15) is 20.8 Å². The summed E-state index contributed by atoms with van der Waals surface area (Å²) < 4.78 is 5.03. The first-order chi connectivity index (χ1) is 6.75. The highest BCUT2D eigenvalue weighted by Crippen LogP contribution is 2.36.